The third kappa shape index (κ3) is 55.7. The van der Waals surface area contributed by atoms with Crippen LogP contribution in [0, 0.1) is 0 Å². The number of hydrogen-bond acceptors (Lipinski definition) is 7. The van der Waals surface area contributed by atoms with Crippen LogP contribution in [0.3, 0.4) is 0 Å². The molecule has 0 unspecified atom stereocenters. The van der Waals surface area contributed by atoms with Gasteiger partial charge in [-0.15, -0.1) is 0 Å². The van der Waals surface area contributed by atoms with Crippen molar-refractivity contribution in [2.45, 2.75) is 33.6 Å². The summed E-state index contributed by atoms with van der Waals surface area (Å²) in [4.78, 5) is 28.1. The van der Waals surface area contributed by atoms with Crippen LogP contribution in [-0.4, -0.2) is 41.6 Å². The van der Waals surface area contributed by atoms with Crippen molar-refractivity contribution in [3.8, 4) is 0 Å². The van der Waals surface area contributed by atoms with Crippen LogP contribution in [0.5, 0.6) is 0 Å². The summed E-state index contributed by atoms with van der Waals surface area (Å²) in [6, 6.07) is 0. The van der Waals surface area contributed by atoms with E-state index < -0.39 is 11.9 Å². The fourth-order valence-corrected chi connectivity index (χ4v) is 0.215. The summed E-state index contributed by atoms with van der Waals surface area (Å²) in [5, 5.41) is 27.9. The number of rotatable bonds is 5. The number of nitrogens with zero attached hydrogens (tertiary/aromatic N) is 1. The van der Waals surface area contributed by atoms with Crippen LogP contribution >= 0.6 is 0 Å². The zero-order valence-electron chi connectivity index (χ0n) is 12.3. The number of hydrogen-bond donors (Lipinski definition) is 1. The number of aliphatic carboxylic acids is 2. The van der Waals surface area contributed by atoms with E-state index in [-0.39, 0.29) is 78.5 Å². The maximum atomic E-state index is 9.57. The standard InChI is InChI=1S/C4H9NO2.2C3H6O2.2Na/c1-2-5(7)3-4-6;2*1-2-3(4)5;;/h4,7H,2-3H2,1H3;2*2H2,1H3,(H,4,5);;/q;;;2*+1/p-2. The molecule has 0 bridgehead atoms. The number of hydroxylamine groups is 2. The normalized spacial score (nSPS) is 7.42. The number of carbonyl (C=O) groups excluding carboxylic acids is 3. The molecule has 0 saturated carbocycles. The minimum Gasteiger partial charge on any atom is -0.550 e. The van der Waals surface area contributed by atoms with Crippen molar-refractivity contribution >= 4 is 18.2 Å². The average molecular weight is 295 g/mol. The van der Waals surface area contributed by atoms with Crippen LogP contribution < -0.4 is 69.3 Å². The molecular formula is C10H19NNa2O6. The smallest absolute Gasteiger partial charge is 0.550 e. The fraction of sp³-hybridized carbons (Fsp3) is 0.700. The van der Waals surface area contributed by atoms with E-state index in [0.29, 0.717) is 12.8 Å². The number of carboxylic acids is 2. The van der Waals surface area contributed by atoms with Gasteiger partial charge in [-0.2, -0.15) is 5.06 Å². The molecule has 9 heteroatoms. The molecule has 0 amide bonds. The Morgan fingerprint density at radius 1 is 1.05 bits per heavy atom. The molecule has 102 valence electrons. The summed E-state index contributed by atoms with van der Waals surface area (Å²) in [5.74, 6) is -1.99. The van der Waals surface area contributed by atoms with Gasteiger partial charge in [0.2, 0.25) is 0 Å². The van der Waals surface area contributed by atoms with Gasteiger partial charge in [0.05, 0.1) is 6.54 Å². The number of aldehydes is 1. The molecule has 0 aromatic rings. The topological polar surface area (TPSA) is 121 Å². The average Bonchev–Trinajstić information content (AvgIpc) is 2.30. The van der Waals surface area contributed by atoms with Crippen molar-refractivity contribution in [3.63, 3.8) is 0 Å². The Morgan fingerprint density at radius 2 is 1.32 bits per heavy atom. The predicted octanol–water partition coefficient (Wildman–Crippen LogP) is -7.80. The Morgan fingerprint density at radius 3 is 1.37 bits per heavy atom. The molecule has 19 heavy (non-hydrogen) atoms. The van der Waals surface area contributed by atoms with Gasteiger partial charge in [-0.3, -0.25) is 0 Å². The van der Waals surface area contributed by atoms with Crippen LogP contribution in [0.2, 0.25) is 0 Å². The van der Waals surface area contributed by atoms with Crippen LogP contribution in [0.15, 0.2) is 0 Å². The van der Waals surface area contributed by atoms with Crippen molar-refractivity contribution in [2.24, 2.45) is 0 Å². The maximum absolute atomic E-state index is 9.57. The molecule has 0 aliphatic rings. The van der Waals surface area contributed by atoms with E-state index in [0.717, 1.165) is 5.06 Å². The molecule has 1 N–H and O–H groups in total. The molecule has 0 heterocycles. The molecule has 0 rings (SSSR count). The van der Waals surface area contributed by atoms with Gasteiger partial charge in [0.1, 0.15) is 6.29 Å². The second kappa shape index (κ2) is 27.0. The first-order chi connectivity index (χ1) is 7.85. The quantitative estimate of drug-likeness (QED) is 0.304. The minimum atomic E-state index is -0.995. The molecular weight excluding hydrogens is 276 g/mol. The van der Waals surface area contributed by atoms with Crippen molar-refractivity contribution in [1.82, 2.24) is 5.06 Å². The van der Waals surface area contributed by atoms with E-state index in [1.54, 1.807) is 6.92 Å². The van der Waals surface area contributed by atoms with Gasteiger partial charge in [0.15, 0.2) is 0 Å². The van der Waals surface area contributed by atoms with E-state index in [1.165, 1.54) is 13.8 Å². The predicted molar refractivity (Wildman–Crippen MR) is 55.7 cm³/mol. The molecule has 0 radical (unpaired) electrons. The number of likely N-dealkylation sites (N-methyl/N-ethyl adjacent to an activating group) is 1. The first-order valence-corrected chi connectivity index (χ1v) is 5.12. The van der Waals surface area contributed by atoms with E-state index in [4.69, 9.17) is 5.21 Å². The summed E-state index contributed by atoms with van der Waals surface area (Å²) < 4.78 is 0. The van der Waals surface area contributed by atoms with Crippen molar-refractivity contribution in [1.29, 1.82) is 0 Å². The zero-order chi connectivity index (χ0) is 14.3. The Kier molecular flexibility index (Phi) is 45.1. The van der Waals surface area contributed by atoms with Crippen molar-refractivity contribution < 1.29 is 88.9 Å². The summed E-state index contributed by atoms with van der Waals surface area (Å²) in [6.07, 6.45) is 0.878. The van der Waals surface area contributed by atoms with Crippen LogP contribution in [0.1, 0.15) is 33.6 Å². The molecule has 0 aliphatic heterocycles. The molecule has 7 nitrogen and oxygen atoms in total. The van der Waals surface area contributed by atoms with Crippen LogP contribution in [-0.2, 0) is 14.4 Å². The summed E-state index contributed by atoms with van der Waals surface area (Å²) in [7, 11) is 0. The zero-order valence-corrected chi connectivity index (χ0v) is 16.3. The molecule has 0 aromatic carbocycles. The molecule has 0 fully saturated rings. The van der Waals surface area contributed by atoms with E-state index in [1.807, 2.05) is 0 Å². The van der Waals surface area contributed by atoms with Gasteiger partial charge in [-0.05, 0) is 12.8 Å². The van der Waals surface area contributed by atoms with Crippen LogP contribution in [0.4, 0.5) is 0 Å². The monoisotopic (exact) mass is 295 g/mol. The molecule has 0 aromatic heterocycles. The van der Waals surface area contributed by atoms with E-state index >= 15 is 0 Å². The van der Waals surface area contributed by atoms with E-state index in [9.17, 15) is 24.6 Å². The first-order valence-electron chi connectivity index (χ1n) is 5.12. The number of carbonyl (C=O) groups is 3. The maximum Gasteiger partial charge on any atom is 1.00 e. The Balaban J connectivity index is -0.0000000500. The fourth-order valence-electron chi connectivity index (χ4n) is 0.215. The Labute approximate surface area is 157 Å². The largest absolute Gasteiger partial charge is 1.00 e. The second-order valence-corrected chi connectivity index (χ2v) is 2.62. The molecule has 0 spiro atoms. The molecule has 0 atom stereocenters. The molecule has 0 aliphatic carbocycles. The van der Waals surface area contributed by atoms with Gasteiger partial charge >= 0.3 is 59.1 Å². The van der Waals surface area contributed by atoms with Crippen LogP contribution in [0.25, 0.3) is 0 Å². The Hall–Kier alpha value is 0.530. The number of carboxylic acid groups (broad SMARTS) is 2. The van der Waals surface area contributed by atoms with Gasteiger partial charge in [-0.1, -0.05) is 20.8 Å². The van der Waals surface area contributed by atoms with Gasteiger partial charge in [-0.25, -0.2) is 0 Å². The summed E-state index contributed by atoms with van der Waals surface area (Å²) in [6.45, 7) is 5.45. The SMILES string of the molecule is CCC(=O)[O-].CCC(=O)[O-].CCN(O)CC=O.[Na+].[Na+]. The summed E-state index contributed by atoms with van der Waals surface area (Å²) >= 11 is 0. The minimum absolute atomic E-state index is 0. The van der Waals surface area contributed by atoms with Crippen molar-refractivity contribution in [2.75, 3.05) is 13.1 Å². The van der Waals surface area contributed by atoms with Gasteiger partial charge < -0.3 is 29.8 Å². The van der Waals surface area contributed by atoms with Crippen molar-refractivity contribution in [3.05, 3.63) is 0 Å². The third-order valence-electron chi connectivity index (χ3n) is 1.23. The van der Waals surface area contributed by atoms with Gasteiger partial charge in [0, 0.05) is 18.5 Å². The first kappa shape index (κ1) is 31.8. The summed E-state index contributed by atoms with van der Waals surface area (Å²) in [5.41, 5.74) is 0. The molecule has 0 saturated heterocycles. The Bertz CT molecular complexity index is 202. The van der Waals surface area contributed by atoms with E-state index in [2.05, 4.69) is 0 Å². The van der Waals surface area contributed by atoms with Gasteiger partial charge in [0.25, 0.3) is 0 Å². The second-order valence-electron chi connectivity index (χ2n) is 2.62. The third-order valence-corrected chi connectivity index (χ3v) is 1.23.